The van der Waals surface area contributed by atoms with E-state index in [4.69, 9.17) is 22.1 Å². The third kappa shape index (κ3) is 3.77. The Hall–Kier alpha value is -2.56. The van der Waals surface area contributed by atoms with Crippen LogP contribution in [-0.2, 0) is 4.74 Å². The first-order valence-corrected chi connectivity index (χ1v) is 9.11. The van der Waals surface area contributed by atoms with Crippen molar-refractivity contribution in [3.8, 4) is 0 Å². The van der Waals surface area contributed by atoms with Crippen LogP contribution >= 0.6 is 11.6 Å². The summed E-state index contributed by atoms with van der Waals surface area (Å²) in [6.45, 7) is 3.86. The van der Waals surface area contributed by atoms with Crippen molar-refractivity contribution >= 4 is 28.8 Å². The predicted octanol–water partition coefficient (Wildman–Crippen LogP) is 5.23. The van der Waals surface area contributed by atoms with Crippen LogP contribution in [0.25, 0.3) is 0 Å². The number of Topliss-reactive ketones (excluding diaryl/α,β-unsaturated/α-hetero) is 1. The molecule has 2 aromatic carbocycles. The lowest BCUT2D eigenvalue weighted by atomic mass is 9.83. The Bertz CT molecular complexity index is 949. The number of halogens is 1. The van der Waals surface area contributed by atoms with Crippen LogP contribution in [0.5, 0.6) is 0 Å². The first kappa shape index (κ1) is 19.2. The fourth-order valence-corrected chi connectivity index (χ4v) is 3.77. The number of carbonyl (C=O) groups is 1. The molecule has 1 unspecified atom stereocenters. The zero-order chi connectivity index (χ0) is 19.6. The van der Waals surface area contributed by atoms with Crippen LogP contribution in [0.15, 0.2) is 71.3 Å². The van der Waals surface area contributed by atoms with Gasteiger partial charge >= 0.3 is 0 Å². The molecule has 0 saturated heterocycles. The number of benzene rings is 2. The molecule has 0 saturated carbocycles. The predicted molar refractivity (Wildman–Crippen MR) is 111 cm³/mol. The zero-order valence-corrected chi connectivity index (χ0v) is 16.4. The number of ketones is 1. The second-order valence-electron chi connectivity index (χ2n) is 6.77. The molecule has 2 aromatic rings. The number of methoxy groups -OCH3 is 1. The molecule has 0 aromatic heterocycles. The van der Waals surface area contributed by atoms with Crippen molar-refractivity contribution in [1.29, 1.82) is 0 Å². The molecule has 0 bridgehead atoms. The lowest BCUT2D eigenvalue weighted by Crippen LogP contribution is -2.41. The van der Waals surface area contributed by atoms with Gasteiger partial charge in [-0.15, -0.1) is 0 Å². The SMILES string of the molecule is COC1(Nc2ccccc2N)C=C(C)C(C(=O)c2ccccc2Cl)=C(C)C1. The molecule has 0 fully saturated rings. The molecule has 3 N–H and O–H groups in total. The number of ether oxygens (including phenoxy) is 1. The van der Waals surface area contributed by atoms with Gasteiger partial charge in [-0.2, -0.15) is 0 Å². The topological polar surface area (TPSA) is 64.3 Å². The summed E-state index contributed by atoms with van der Waals surface area (Å²) in [6, 6.07) is 14.6. The summed E-state index contributed by atoms with van der Waals surface area (Å²) in [6.07, 6.45) is 2.46. The Kier molecular flexibility index (Phi) is 5.40. The Morgan fingerprint density at radius 2 is 1.81 bits per heavy atom. The van der Waals surface area contributed by atoms with E-state index in [1.807, 2.05) is 56.3 Å². The molecule has 0 heterocycles. The van der Waals surface area contributed by atoms with E-state index < -0.39 is 5.72 Å². The van der Waals surface area contributed by atoms with Crippen LogP contribution in [0.1, 0.15) is 30.6 Å². The van der Waals surface area contributed by atoms with Gasteiger partial charge in [0.15, 0.2) is 11.5 Å². The van der Waals surface area contributed by atoms with Gasteiger partial charge in [0.1, 0.15) is 0 Å². The zero-order valence-electron chi connectivity index (χ0n) is 15.7. The normalized spacial score (nSPS) is 19.6. The van der Waals surface area contributed by atoms with Crippen molar-refractivity contribution in [1.82, 2.24) is 0 Å². The van der Waals surface area contributed by atoms with Crippen molar-refractivity contribution in [2.45, 2.75) is 26.0 Å². The summed E-state index contributed by atoms with van der Waals surface area (Å²) >= 11 is 6.23. The highest BCUT2D eigenvalue weighted by molar-refractivity contribution is 6.35. The van der Waals surface area contributed by atoms with Crippen molar-refractivity contribution in [3.05, 3.63) is 81.9 Å². The number of allylic oxidation sites excluding steroid dienone is 2. The maximum absolute atomic E-state index is 13.1. The van der Waals surface area contributed by atoms with Crippen LogP contribution < -0.4 is 11.1 Å². The second kappa shape index (κ2) is 7.59. The van der Waals surface area contributed by atoms with Crippen LogP contribution in [0, 0.1) is 0 Å². The second-order valence-corrected chi connectivity index (χ2v) is 7.18. The average molecular weight is 383 g/mol. The summed E-state index contributed by atoms with van der Waals surface area (Å²) in [4.78, 5) is 13.1. The number of para-hydroxylation sites is 2. The molecule has 4 nitrogen and oxygen atoms in total. The van der Waals surface area contributed by atoms with Crippen molar-refractivity contribution in [2.75, 3.05) is 18.2 Å². The molecule has 140 valence electrons. The maximum Gasteiger partial charge on any atom is 0.194 e. The Labute approximate surface area is 164 Å². The van der Waals surface area contributed by atoms with Gasteiger partial charge in [0, 0.05) is 24.7 Å². The minimum atomic E-state index is -0.770. The van der Waals surface area contributed by atoms with E-state index in [1.54, 1.807) is 19.2 Å². The highest BCUT2D eigenvalue weighted by Crippen LogP contribution is 2.37. The summed E-state index contributed by atoms with van der Waals surface area (Å²) < 4.78 is 5.82. The van der Waals surface area contributed by atoms with E-state index in [1.165, 1.54) is 0 Å². The third-order valence-corrected chi connectivity index (χ3v) is 5.14. The minimum absolute atomic E-state index is 0.0734. The average Bonchev–Trinajstić information content (AvgIpc) is 2.63. The molecule has 0 amide bonds. The molecule has 27 heavy (non-hydrogen) atoms. The number of anilines is 2. The minimum Gasteiger partial charge on any atom is -0.397 e. The van der Waals surface area contributed by atoms with Gasteiger partial charge in [0.05, 0.1) is 16.4 Å². The van der Waals surface area contributed by atoms with E-state index in [2.05, 4.69) is 5.32 Å². The first-order chi connectivity index (χ1) is 12.9. The molecule has 0 spiro atoms. The van der Waals surface area contributed by atoms with Crippen LogP contribution in [0.3, 0.4) is 0 Å². The molecular formula is C22H23ClN2O2. The summed E-state index contributed by atoms with van der Waals surface area (Å²) in [5.74, 6) is -0.0734. The fourth-order valence-electron chi connectivity index (χ4n) is 3.55. The Balaban J connectivity index is 1.96. The molecular weight excluding hydrogens is 360 g/mol. The van der Waals surface area contributed by atoms with E-state index in [9.17, 15) is 4.79 Å². The monoisotopic (exact) mass is 382 g/mol. The standard InChI is InChI=1S/C22H23ClN2O2/c1-14-12-22(27-3,25-19-11-7-6-10-18(19)24)13-15(2)20(14)21(26)16-8-4-5-9-17(16)23/h4-12,25H,13,24H2,1-3H3. The lowest BCUT2D eigenvalue weighted by Gasteiger charge is -2.36. The van der Waals surface area contributed by atoms with E-state index in [0.717, 1.165) is 16.8 Å². The summed E-state index contributed by atoms with van der Waals surface area (Å²) in [5.41, 5.74) is 9.69. The van der Waals surface area contributed by atoms with Gasteiger partial charge in [0.2, 0.25) is 0 Å². The van der Waals surface area contributed by atoms with Crippen LogP contribution in [0.4, 0.5) is 11.4 Å². The number of hydrogen-bond acceptors (Lipinski definition) is 4. The van der Waals surface area contributed by atoms with Gasteiger partial charge in [-0.1, -0.05) is 41.4 Å². The molecule has 1 aliphatic rings. The van der Waals surface area contributed by atoms with Gasteiger partial charge in [0.25, 0.3) is 0 Å². The largest absolute Gasteiger partial charge is 0.397 e. The van der Waals surface area contributed by atoms with E-state index in [-0.39, 0.29) is 5.78 Å². The summed E-state index contributed by atoms with van der Waals surface area (Å²) in [5, 5.41) is 3.84. The number of hydrogen-bond donors (Lipinski definition) is 2. The van der Waals surface area contributed by atoms with Crippen molar-refractivity contribution < 1.29 is 9.53 Å². The number of nitrogens with two attached hydrogens (primary N) is 1. The number of nitrogen functional groups attached to an aromatic ring is 1. The van der Waals surface area contributed by atoms with Gasteiger partial charge in [-0.25, -0.2) is 0 Å². The van der Waals surface area contributed by atoms with Crippen LogP contribution in [-0.4, -0.2) is 18.6 Å². The molecule has 0 radical (unpaired) electrons. The van der Waals surface area contributed by atoms with Gasteiger partial charge in [-0.3, -0.25) is 4.79 Å². The van der Waals surface area contributed by atoms with Gasteiger partial charge < -0.3 is 15.8 Å². The quantitative estimate of drug-likeness (QED) is 0.422. The highest BCUT2D eigenvalue weighted by Gasteiger charge is 2.35. The first-order valence-electron chi connectivity index (χ1n) is 8.73. The number of carbonyl (C=O) groups excluding carboxylic acids is 1. The smallest absolute Gasteiger partial charge is 0.194 e. The Morgan fingerprint density at radius 1 is 1.15 bits per heavy atom. The molecule has 3 rings (SSSR count). The molecule has 1 atom stereocenters. The lowest BCUT2D eigenvalue weighted by molar-refractivity contribution is 0.0549. The maximum atomic E-state index is 13.1. The molecule has 0 aliphatic heterocycles. The Morgan fingerprint density at radius 3 is 2.44 bits per heavy atom. The van der Waals surface area contributed by atoms with Crippen molar-refractivity contribution in [2.24, 2.45) is 0 Å². The number of rotatable bonds is 5. The van der Waals surface area contributed by atoms with Gasteiger partial charge in [-0.05, 0) is 49.8 Å². The van der Waals surface area contributed by atoms with Crippen molar-refractivity contribution in [3.63, 3.8) is 0 Å². The van der Waals surface area contributed by atoms with Crippen LogP contribution in [0.2, 0.25) is 5.02 Å². The third-order valence-electron chi connectivity index (χ3n) is 4.82. The highest BCUT2D eigenvalue weighted by atomic mass is 35.5. The fraction of sp³-hybridized carbons (Fsp3) is 0.227. The molecule has 1 aliphatic carbocycles. The van der Waals surface area contributed by atoms with E-state index in [0.29, 0.717) is 28.3 Å². The number of nitrogens with one attached hydrogen (secondary N) is 1. The molecule has 5 heteroatoms. The van der Waals surface area contributed by atoms with E-state index >= 15 is 0 Å². The summed E-state index contributed by atoms with van der Waals surface area (Å²) in [7, 11) is 1.64.